The molecule has 0 unspecified atom stereocenters. The molecule has 18 heavy (non-hydrogen) atoms. The molecule has 4 nitrogen and oxygen atoms in total. The lowest BCUT2D eigenvalue weighted by Gasteiger charge is -2.09. The minimum atomic E-state index is -0.535. The summed E-state index contributed by atoms with van der Waals surface area (Å²) in [4.78, 5) is 11.7. The zero-order valence-electron chi connectivity index (χ0n) is 11.1. The van der Waals surface area contributed by atoms with Gasteiger partial charge < -0.3 is 15.2 Å². The molecule has 0 bridgehead atoms. The fourth-order valence-corrected chi connectivity index (χ4v) is 1.36. The normalized spacial score (nSPS) is 12.5. The summed E-state index contributed by atoms with van der Waals surface area (Å²) in [6.45, 7) is 6.41. The average Bonchev–Trinajstić information content (AvgIpc) is 2.34. The van der Waals surface area contributed by atoms with Crippen LogP contribution in [0, 0.1) is 0 Å². The first-order chi connectivity index (χ1) is 8.49. The van der Waals surface area contributed by atoms with Crippen LogP contribution in [-0.2, 0) is 11.3 Å². The van der Waals surface area contributed by atoms with Crippen molar-refractivity contribution < 1.29 is 14.6 Å². The van der Waals surface area contributed by atoms with Crippen LogP contribution >= 0.6 is 0 Å². The van der Waals surface area contributed by atoms with Gasteiger partial charge in [0.2, 0.25) is 0 Å². The van der Waals surface area contributed by atoms with Gasteiger partial charge in [-0.1, -0.05) is 12.1 Å². The first-order valence-corrected chi connectivity index (χ1v) is 6.16. The number of ether oxygens (including phenoxy) is 1. The molecule has 0 aromatic heterocycles. The number of amides is 1. The molecule has 0 radical (unpaired) electrons. The molecule has 0 aliphatic carbocycles. The third-order valence-electron chi connectivity index (χ3n) is 2.36. The highest BCUT2D eigenvalue weighted by atomic mass is 16.5. The molecule has 1 aromatic rings. The molecule has 0 aliphatic rings. The van der Waals surface area contributed by atoms with E-state index in [9.17, 15) is 4.79 Å². The van der Waals surface area contributed by atoms with Gasteiger partial charge in [-0.2, -0.15) is 0 Å². The van der Waals surface area contributed by atoms with Crippen LogP contribution in [0.25, 0.3) is 0 Å². The second kappa shape index (κ2) is 7.13. The Morgan fingerprint density at radius 1 is 1.28 bits per heavy atom. The highest BCUT2D eigenvalue weighted by molar-refractivity contribution is 5.94. The Kier molecular flexibility index (Phi) is 5.82. The molecule has 2 N–H and O–H groups in total. The van der Waals surface area contributed by atoms with Crippen LogP contribution in [-0.4, -0.2) is 29.8 Å². The van der Waals surface area contributed by atoms with Crippen molar-refractivity contribution in [1.29, 1.82) is 0 Å². The van der Waals surface area contributed by atoms with E-state index in [1.54, 1.807) is 19.1 Å². The molecular weight excluding hydrogens is 230 g/mol. The van der Waals surface area contributed by atoms with Crippen molar-refractivity contribution in [3.63, 3.8) is 0 Å². The second-order valence-electron chi connectivity index (χ2n) is 4.62. The van der Waals surface area contributed by atoms with Crippen LogP contribution in [0.1, 0.15) is 36.7 Å². The second-order valence-corrected chi connectivity index (χ2v) is 4.62. The minimum absolute atomic E-state index is 0.174. The summed E-state index contributed by atoms with van der Waals surface area (Å²) in [5.74, 6) is -0.174. The SMILES string of the molecule is CC(C)OCc1ccc(C(=O)NC[C@H](C)O)cc1. The monoisotopic (exact) mass is 251 g/mol. The van der Waals surface area contributed by atoms with Gasteiger partial charge in [-0.15, -0.1) is 0 Å². The predicted octanol–water partition coefficient (Wildman–Crippen LogP) is 1.72. The molecule has 0 spiro atoms. The quantitative estimate of drug-likeness (QED) is 0.809. The molecular formula is C14H21NO3. The Balaban J connectivity index is 2.51. The maximum absolute atomic E-state index is 11.7. The van der Waals surface area contributed by atoms with Gasteiger partial charge in [0.1, 0.15) is 0 Å². The van der Waals surface area contributed by atoms with E-state index in [4.69, 9.17) is 9.84 Å². The lowest BCUT2D eigenvalue weighted by molar-refractivity contribution is 0.0656. The standard InChI is InChI=1S/C14H21NO3/c1-10(2)18-9-12-4-6-13(7-5-12)14(17)15-8-11(3)16/h4-7,10-11,16H,8-9H2,1-3H3,(H,15,17)/t11-/m0/s1. The summed E-state index contributed by atoms with van der Waals surface area (Å²) in [6, 6.07) is 7.27. The van der Waals surface area contributed by atoms with Crippen LogP contribution in [0.5, 0.6) is 0 Å². The van der Waals surface area contributed by atoms with E-state index in [0.29, 0.717) is 12.2 Å². The number of hydrogen-bond acceptors (Lipinski definition) is 3. The molecule has 0 aliphatic heterocycles. The van der Waals surface area contributed by atoms with Gasteiger partial charge in [-0.3, -0.25) is 4.79 Å². The van der Waals surface area contributed by atoms with Crippen molar-refractivity contribution in [3.8, 4) is 0 Å². The van der Waals surface area contributed by atoms with E-state index in [1.807, 2.05) is 26.0 Å². The Bertz CT molecular complexity index is 371. The summed E-state index contributed by atoms with van der Waals surface area (Å²) in [7, 11) is 0. The fraction of sp³-hybridized carbons (Fsp3) is 0.500. The molecule has 1 atom stereocenters. The molecule has 0 saturated heterocycles. The number of benzene rings is 1. The van der Waals surface area contributed by atoms with Crippen LogP contribution in [0.15, 0.2) is 24.3 Å². The number of carbonyl (C=O) groups excluding carboxylic acids is 1. The summed E-state index contributed by atoms with van der Waals surface area (Å²) in [5.41, 5.74) is 1.62. The first-order valence-electron chi connectivity index (χ1n) is 6.16. The van der Waals surface area contributed by atoms with Crippen molar-refractivity contribution >= 4 is 5.91 Å². The smallest absolute Gasteiger partial charge is 0.251 e. The molecule has 0 fully saturated rings. The van der Waals surface area contributed by atoms with Gasteiger partial charge in [-0.05, 0) is 38.5 Å². The third kappa shape index (κ3) is 5.29. The maximum Gasteiger partial charge on any atom is 0.251 e. The number of aliphatic hydroxyl groups excluding tert-OH is 1. The van der Waals surface area contributed by atoms with Gasteiger partial charge >= 0.3 is 0 Å². The molecule has 1 amide bonds. The molecule has 100 valence electrons. The van der Waals surface area contributed by atoms with Crippen molar-refractivity contribution in [3.05, 3.63) is 35.4 Å². The van der Waals surface area contributed by atoms with Gasteiger partial charge in [0.25, 0.3) is 5.91 Å². The van der Waals surface area contributed by atoms with E-state index in [0.717, 1.165) is 5.56 Å². The lowest BCUT2D eigenvalue weighted by Crippen LogP contribution is -2.30. The summed E-state index contributed by atoms with van der Waals surface area (Å²) in [6.07, 6.45) is -0.341. The van der Waals surface area contributed by atoms with E-state index < -0.39 is 6.10 Å². The zero-order chi connectivity index (χ0) is 13.5. The molecule has 1 aromatic carbocycles. The topological polar surface area (TPSA) is 58.6 Å². The van der Waals surface area contributed by atoms with Gasteiger partial charge in [0, 0.05) is 12.1 Å². The van der Waals surface area contributed by atoms with Crippen molar-refractivity contribution in [2.24, 2.45) is 0 Å². The number of nitrogens with one attached hydrogen (secondary N) is 1. The Morgan fingerprint density at radius 2 is 1.89 bits per heavy atom. The molecule has 1 rings (SSSR count). The van der Waals surface area contributed by atoms with Gasteiger partial charge in [0.15, 0.2) is 0 Å². The van der Waals surface area contributed by atoms with Crippen LogP contribution < -0.4 is 5.32 Å². The van der Waals surface area contributed by atoms with E-state index >= 15 is 0 Å². The van der Waals surface area contributed by atoms with Crippen molar-refractivity contribution in [2.45, 2.75) is 39.6 Å². The van der Waals surface area contributed by atoms with E-state index in [1.165, 1.54) is 0 Å². The van der Waals surface area contributed by atoms with Crippen molar-refractivity contribution in [2.75, 3.05) is 6.54 Å². The Hall–Kier alpha value is -1.39. The maximum atomic E-state index is 11.7. The molecule has 4 heteroatoms. The highest BCUT2D eigenvalue weighted by Crippen LogP contribution is 2.07. The van der Waals surface area contributed by atoms with E-state index in [2.05, 4.69) is 5.32 Å². The Labute approximate surface area is 108 Å². The first kappa shape index (κ1) is 14.7. The third-order valence-corrected chi connectivity index (χ3v) is 2.36. The molecule has 0 heterocycles. The van der Waals surface area contributed by atoms with E-state index in [-0.39, 0.29) is 18.6 Å². The number of aliphatic hydroxyl groups is 1. The largest absolute Gasteiger partial charge is 0.392 e. The lowest BCUT2D eigenvalue weighted by atomic mass is 10.1. The summed E-state index contributed by atoms with van der Waals surface area (Å²) >= 11 is 0. The van der Waals surface area contributed by atoms with Crippen LogP contribution in [0.4, 0.5) is 0 Å². The summed E-state index contributed by atoms with van der Waals surface area (Å²) in [5, 5.41) is 11.7. The minimum Gasteiger partial charge on any atom is -0.392 e. The summed E-state index contributed by atoms with van der Waals surface area (Å²) < 4.78 is 5.47. The predicted molar refractivity (Wildman–Crippen MR) is 70.4 cm³/mol. The van der Waals surface area contributed by atoms with Crippen LogP contribution in [0.3, 0.4) is 0 Å². The fourth-order valence-electron chi connectivity index (χ4n) is 1.36. The van der Waals surface area contributed by atoms with Crippen LogP contribution in [0.2, 0.25) is 0 Å². The van der Waals surface area contributed by atoms with Gasteiger partial charge in [-0.25, -0.2) is 0 Å². The number of hydrogen-bond donors (Lipinski definition) is 2. The number of carbonyl (C=O) groups is 1. The van der Waals surface area contributed by atoms with Gasteiger partial charge in [0.05, 0.1) is 18.8 Å². The number of rotatable bonds is 6. The highest BCUT2D eigenvalue weighted by Gasteiger charge is 2.06. The van der Waals surface area contributed by atoms with Crippen molar-refractivity contribution in [1.82, 2.24) is 5.32 Å². The Morgan fingerprint density at radius 3 is 2.39 bits per heavy atom. The molecule has 0 saturated carbocycles. The zero-order valence-corrected chi connectivity index (χ0v) is 11.1. The average molecular weight is 251 g/mol.